The zero-order valence-corrected chi connectivity index (χ0v) is 18.6. The molecule has 172 valence electrons. The highest BCUT2D eigenvalue weighted by Crippen LogP contribution is 2.34. The van der Waals surface area contributed by atoms with Gasteiger partial charge in [0, 0.05) is 11.1 Å². The first-order valence-corrected chi connectivity index (χ1v) is 12.2. The quantitative estimate of drug-likeness (QED) is 0.289. The minimum absolute atomic E-state index is 0.184. The first-order valence-electron chi connectivity index (χ1n) is 9.29. The van der Waals surface area contributed by atoms with Crippen molar-refractivity contribution in [3.05, 3.63) is 96.6 Å². The maximum atomic E-state index is 11.5. The molecule has 0 aliphatic heterocycles. The molecule has 12 nitrogen and oxygen atoms in total. The van der Waals surface area contributed by atoms with Gasteiger partial charge in [0.05, 0.1) is 9.79 Å². The van der Waals surface area contributed by atoms with E-state index >= 15 is 0 Å². The molecule has 0 amide bonds. The van der Waals surface area contributed by atoms with Gasteiger partial charge in [-0.15, -0.1) is 0 Å². The maximum absolute atomic E-state index is 11.5. The molecule has 0 fully saturated rings. The molecular weight excluding hydrogens is 484 g/mol. The van der Waals surface area contributed by atoms with Crippen molar-refractivity contribution >= 4 is 31.4 Å². The fourth-order valence-corrected chi connectivity index (χ4v) is 4.05. The van der Waals surface area contributed by atoms with E-state index < -0.39 is 20.2 Å². The van der Waals surface area contributed by atoms with Gasteiger partial charge < -0.3 is 0 Å². The average Bonchev–Trinajstić information content (AvgIpc) is 2.83. The summed E-state index contributed by atoms with van der Waals surface area (Å²) >= 11 is 0. The maximum Gasteiger partial charge on any atom is 0.294 e. The molecule has 0 unspecified atom stereocenters. The number of benzene rings is 2. The molecule has 0 saturated heterocycles. The third kappa shape index (κ3) is 4.99. The molecule has 0 atom stereocenters. The third-order valence-electron chi connectivity index (χ3n) is 4.57. The van der Waals surface area contributed by atoms with Gasteiger partial charge >= 0.3 is 0 Å². The first kappa shape index (κ1) is 23.2. The van der Waals surface area contributed by atoms with E-state index in [-0.39, 0.29) is 21.4 Å². The Morgan fingerprint density at radius 3 is 1.09 bits per heavy atom. The van der Waals surface area contributed by atoms with Crippen LogP contribution < -0.4 is 0 Å². The lowest BCUT2D eigenvalue weighted by Crippen LogP contribution is -2.06. The molecule has 2 heterocycles. The van der Waals surface area contributed by atoms with E-state index in [2.05, 4.69) is 29.9 Å². The van der Waals surface area contributed by atoms with Crippen LogP contribution in [0, 0.1) is 0 Å². The van der Waals surface area contributed by atoms with E-state index in [1.54, 1.807) is 0 Å². The minimum atomic E-state index is -4.42. The normalized spacial score (nSPS) is 12.8. The zero-order valence-electron chi connectivity index (χ0n) is 17.0. The highest BCUT2D eigenvalue weighted by molar-refractivity contribution is 7.86. The lowest BCUT2D eigenvalue weighted by atomic mass is 9.93. The lowest BCUT2D eigenvalue weighted by molar-refractivity contribution is 0.481. The summed E-state index contributed by atoms with van der Waals surface area (Å²) in [6.45, 7) is 0. The lowest BCUT2D eigenvalue weighted by Gasteiger charge is -2.15. The molecule has 0 radical (unpaired) electrons. The Kier molecular flexibility index (Phi) is 6.21. The molecule has 0 saturated carbocycles. The highest BCUT2D eigenvalue weighted by atomic mass is 32.2. The van der Waals surface area contributed by atoms with Crippen molar-refractivity contribution < 1.29 is 25.9 Å². The molecule has 0 bridgehead atoms. The van der Waals surface area contributed by atoms with Crippen LogP contribution in [0.5, 0.6) is 0 Å². The molecule has 2 aromatic carbocycles. The smallest absolute Gasteiger partial charge is 0.282 e. The van der Waals surface area contributed by atoms with E-state index in [9.17, 15) is 25.9 Å². The largest absolute Gasteiger partial charge is 0.294 e. The van der Waals surface area contributed by atoms with Crippen LogP contribution in [0.1, 0.15) is 22.8 Å². The van der Waals surface area contributed by atoms with Gasteiger partial charge in [-0.25, -0.2) is 29.9 Å². The summed E-state index contributed by atoms with van der Waals surface area (Å²) in [7, 11) is -8.85. The van der Waals surface area contributed by atoms with Crippen LogP contribution in [0.2, 0.25) is 0 Å². The Morgan fingerprint density at radius 2 is 0.824 bits per heavy atom. The van der Waals surface area contributed by atoms with Gasteiger partial charge in [0.15, 0.2) is 11.6 Å². The summed E-state index contributed by atoms with van der Waals surface area (Å²) in [5.41, 5.74) is 1.59. The van der Waals surface area contributed by atoms with Crippen molar-refractivity contribution in [1.82, 2.24) is 29.9 Å². The van der Waals surface area contributed by atoms with E-state index in [0.717, 1.165) is 0 Å². The first-order chi connectivity index (χ1) is 16.1. The molecule has 0 aliphatic rings. The van der Waals surface area contributed by atoms with Gasteiger partial charge in [0.1, 0.15) is 25.3 Å². The second-order valence-electron chi connectivity index (χ2n) is 6.67. The molecule has 0 aliphatic carbocycles. The van der Waals surface area contributed by atoms with Crippen LogP contribution in [0.4, 0.5) is 0 Å². The Bertz CT molecular complexity index is 1440. The summed E-state index contributed by atoms with van der Waals surface area (Å²) in [6, 6.07) is 10.6. The van der Waals surface area contributed by atoms with Crippen molar-refractivity contribution in [3.63, 3.8) is 0 Å². The summed E-state index contributed by atoms with van der Waals surface area (Å²) in [5, 5.41) is 0. The van der Waals surface area contributed by atoms with Crippen molar-refractivity contribution in [3.8, 4) is 0 Å². The van der Waals surface area contributed by atoms with Crippen molar-refractivity contribution in [1.29, 1.82) is 0 Å². The van der Waals surface area contributed by atoms with Crippen LogP contribution in [-0.2, 0) is 20.2 Å². The predicted molar refractivity (Wildman–Crippen MR) is 117 cm³/mol. The number of nitrogens with zero attached hydrogens (tertiary/aromatic N) is 6. The minimum Gasteiger partial charge on any atom is -0.282 e. The molecule has 34 heavy (non-hydrogen) atoms. The monoisotopic (exact) mass is 498 g/mol. The zero-order chi connectivity index (χ0) is 24.3. The van der Waals surface area contributed by atoms with Crippen LogP contribution in [0.25, 0.3) is 11.1 Å². The van der Waals surface area contributed by atoms with Gasteiger partial charge in [-0.2, -0.15) is 16.8 Å². The SMILES string of the molecule is O=S(=O)(O)c1ccc(C(=C(c2ccc(S(=O)(=O)O)cc2)c2ncncn2)c2ncncn2)cc1. The summed E-state index contributed by atoms with van der Waals surface area (Å²) in [5.74, 6) is 0.368. The topological polar surface area (TPSA) is 186 Å². The molecule has 4 aromatic rings. The second-order valence-corrected chi connectivity index (χ2v) is 9.52. The number of aromatic nitrogens is 6. The van der Waals surface area contributed by atoms with Crippen molar-refractivity contribution in [2.24, 2.45) is 0 Å². The van der Waals surface area contributed by atoms with Gasteiger partial charge in [-0.3, -0.25) is 9.11 Å². The van der Waals surface area contributed by atoms with Crippen molar-refractivity contribution in [2.75, 3.05) is 0 Å². The summed E-state index contributed by atoms with van der Waals surface area (Å²) in [4.78, 5) is 23.8. The van der Waals surface area contributed by atoms with E-state index in [1.165, 1.54) is 73.8 Å². The summed E-state index contributed by atoms with van der Waals surface area (Å²) < 4.78 is 64.6. The van der Waals surface area contributed by atoms with E-state index in [4.69, 9.17) is 0 Å². The third-order valence-corrected chi connectivity index (χ3v) is 6.30. The fourth-order valence-electron chi connectivity index (χ4n) is 3.09. The number of hydrogen-bond donors (Lipinski definition) is 2. The molecule has 2 aromatic heterocycles. The fraction of sp³-hybridized carbons (Fsp3) is 0. The molecule has 14 heteroatoms. The molecule has 2 N–H and O–H groups in total. The molecule has 4 rings (SSSR count). The Hall–Kier alpha value is -3.98. The number of rotatable bonds is 6. The Balaban J connectivity index is 2.05. The molecule has 0 spiro atoms. The predicted octanol–water partition coefficient (Wildman–Crippen LogP) is 1.56. The van der Waals surface area contributed by atoms with Crippen molar-refractivity contribution in [2.45, 2.75) is 9.79 Å². The van der Waals surface area contributed by atoms with Gasteiger partial charge in [0.25, 0.3) is 20.2 Å². The standard InChI is InChI=1S/C20H14N6O6S2/c27-33(28,29)15-5-1-13(2-6-15)17(19-23-9-21-10-24-19)18(20-25-11-22-12-26-20)14-3-7-16(8-4-14)34(30,31)32/h1-12H,(H,27,28,29)(H,30,31,32). The van der Waals surface area contributed by atoms with Crippen LogP contribution in [-0.4, -0.2) is 55.8 Å². The average molecular weight is 499 g/mol. The van der Waals surface area contributed by atoms with E-state index in [0.29, 0.717) is 22.3 Å². The van der Waals surface area contributed by atoms with Gasteiger partial charge in [0.2, 0.25) is 0 Å². The van der Waals surface area contributed by atoms with Crippen LogP contribution in [0.3, 0.4) is 0 Å². The Morgan fingerprint density at radius 1 is 0.529 bits per heavy atom. The molecular formula is C20H14N6O6S2. The summed E-state index contributed by atoms with van der Waals surface area (Å²) in [6.07, 6.45) is 5.06. The van der Waals surface area contributed by atoms with Gasteiger partial charge in [-0.1, -0.05) is 24.3 Å². The Labute approximate surface area is 193 Å². The number of hydrogen-bond acceptors (Lipinski definition) is 10. The van der Waals surface area contributed by atoms with E-state index in [1.807, 2.05) is 0 Å². The second kappa shape index (κ2) is 9.11. The van der Waals surface area contributed by atoms with Crippen LogP contribution in [0.15, 0.2) is 83.6 Å². The van der Waals surface area contributed by atoms with Gasteiger partial charge in [-0.05, 0) is 35.4 Å². The highest BCUT2D eigenvalue weighted by Gasteiger charge is 2.22. The van der Waals surface area contributed by atoms with Crippen LogP contribution >= 0.6 is 0 Å².